The molecule has 0 saturated heterocycles. The molecule has 0 aliphatic heterocycles. The molecule has 15 heavy (non-hydrogen) atoms. The first kappa shape index (κ1) is 11.6. The van der Waals surface area contributed by atoms with Gasteiger partial charge in [0.05, 0.1) is 7.11 Å². The fourth-order valence-electron chi connectivity index (χ4n) is 1.37. The number of rotatable bonds is 4. The van der Waals surface area contributed by atoms with Crippen molar-refractivity contribution < 1.29 is 9.53 Å². The Bertz CT molecular complexity index is 339. The zero-order valence-electron chi connectivity index (χ0n) is 9.36. The van der Waals surface area contributed by atoms with Crippen molar-refractivity contribution in [2.24, 2.45) is 0 Å². The maximum absolute atomic E-state index is 11.4. The van der Waals surface area contributed by atoms with Crippen LogP contribution in [0.15, 0.2) is 12.3 Å². The summed E-state index contributed by atoms with van der Waals surface area (Å²) in [5, 5.41) is 0. The van der Waals surface area contributed by atoms with Crippen LogP contribution < -0.4 is 0 Å². The molecule has 0 aromatic carbocycles. The van der Waals surface area contributed by atoms with E-state index in [0.717, 1.165) is 12.1 Å². The molecule has 0 radical (unpaired) electrons. The van der Waals surface area contributed by atoms with Gasteiger partial charge in [-0.05, 0) is 18.9 Å². The van der Waals surface area contributed by atoms with Gasteiger partial charge in [-0.3, -0.25) is 4.79 Å². The summed E-state index contributed by atoms with van der Waals surface area (Å²) in [5.74, 6) is -0.0593. The minimum absolute atomic E-state index is 0.272. The van der Waals surface area contributed by atoms with Gasteiger partial charge in [-0.2, -0.15) is 0 Å². The third kappa shape index (κ3) is 2.75. The van der Waals surface area contributed by atoms with E-state index in [2.05, 4.69) is 9.97 Å². The molecule has 1 rings (SSSR count). The number of ether oxygens (including phenoxy) is 1. The number of aryl methyl sites for hydroxylation is 1. The molecule has 0 N–H and O–H groups in total. The molecule has 1 heterocycles. The van der Waals surface area contributed by atoms with Crippen LogP contribution in [0.3, 0.4) is 0 Å². The van der Waals surface area contributed by atoms with Crippen LogP contribution in [0.4, 0.5) is 0 Å². The Kier molecular flexibility index (Phi) is 4.21. The Morgan fingerprint density at radius 3 is 2.80 bits per heavy atom. The summed E-state index contributed by atoms with van der Waals surface area (Å²) in [6, 6.07) is 1.85. The molecule has 0 aliphatic carbocycles. The Labute approximate surface area is 89.7 Å². The Balaban J connectivity index is 2.96. The summed E-state index contributed by atoms with van der Waals surface area (Å²) in [7, 11) is 1.38. The lowest BCUT2D eigenvalue weighted by Gasteiger charge is -2.11. The lowest BCUT2D eigenvalue weighted by molar-refractivity contribution is -0.142. The van der Waals surface area contributed by atoms with Crippen molar-refractivity contribution in [3.05, 3.63) is 23.8 Å². The molecular formula is C11H16N2O2. The molecule has 4 heteroatoms. The maximum Gasteiger partial charge on any atom is 0.316 e. The van der Waals surface area contributed by atoms with Crippen molar-refractivity contribution in [2.75, 3.05) is 7.11 Å². The topological polar surface area (TPSA) is 52.1 Å². The lowest BCUT2D eigenvalue weighted by Crippen LogP contribution is -2.16. The minimum atomic E-state index is -0.346. The Morgan fingerprint density at radius 2 is 2.27 bits per heavy atom. The number of esters is 1. The summed E-state index contributed by atoms with van der Waals surface area (Å²) in [6.45, 7) is 3.94. The van der Waals surface area contributed by atoms with Crippen LogP contribution in [0.25, 0.3) is 0 Å². The number of nitrogens with zero attached hydrogens (tertiary/aromatic N) is 2. The fourth-order valence-corrected chi connectivity index (χ4v) is 1.37. The van der Waals surface area contributed by atoms with Gasteiger partial charge in [-0.15, -0.1) is 0 Å². The number of aromatic nitrogens is 2. The van der Waals surface area contributed by atoms with Crippen LogP contribution >= 0.6 is 0 Å². The monoisotopic (exact) mass is 208 g/mol. The van der Waals surface area contributed by atoms with E-state index in [9.17, 15) is 4.79 Å². The van der Waals surface area contributed by atoms with Crippen molar-refractivity contribution in [3.8, 4) is 0 Å². The third-order valence-corrected chi connectivity index (χ3v) is 2.30. The number of methoxy groups -OCH3 is 1. The van der Waals surface area contributed by atoms with Crippen LogP contribution in [0.2, 0.25) is 0 Å². The number of carbonyl (C=O) groups is 1. The van der Waals surface area contributed by atoms with Gasteiger partial charge in [0.2, 0.25) is 0 Å². The van der Waals surface area contributed by atoms with E-state index < -0.39 is 0 Å². The molecule has 0 amide bonds. The second kappa shape index (κ2) is 5.44. The quantitative estimate of drug-likeness (QED) is 0.707. The Morgan fingerprint density at radius 1 is 1.53 bits per heavy atom. The summed E-state index contributed by atoms with van der Waals surface area (Å²) in [5.41, 5.74) is 0.947. The predicted molar refractivity (Wildman–Crippen MR) is 56.5 cm³/mol. The van der Waals surface area contributed by atoms with Gasteiger partial charge >= 0.3 is 5.97 Å². The van der Waals surface area contributed by atoms with Crippen LogP contribution in [0.1, 0.15) is 37.7 Å². The molecule has 0 spiro atoms. The average Bonchev–Trinajstić information content (AvgIpc) is 2.30. The molecule has 1 atom stereocenters. The number of hydrogen-bond acceptors (Lipinski definition) is 4. The fraction of sp³-hybridized carbons (Fsp3) is 0.545. The highest BCUT2D eigenvalue weighted by Crippen LogP contribution is 2.16. The molecule has 0 fully saturated rings. The third-order valence-electron chi connectivity index (χ3n) is 2.30. The largest absolute Gasteiger partial charge is 0.468 e. The number of carbonyl (C=O) groups excluding carboxylic acids is 1. The van der Waals surface area contributed by atoms with Gasteiger partial charge in [0.15, 0.2) is 0 Å². The van der Waals surface area contributed by atoms with Crippen molar-refractivity contribution in [1.82, 2.24) is 9.97 Å². The second-order valence-corrected chi connectivity index (χ2v) is 3.24. The SMILES string of the molecule is CCc1ccnc(C(CC)C(=O)OC)n1. The van der Waals surface area contributed by atoms with Crippen molar-refractivity contribution in [1.29, 1.82) is 0 Å². The van der Waals surface area contributed by atoms with Crippen molar-refractivity contribution >= 4 is 5.97 Å². The van der Waals surface area contributed by atoms with E-state index in [0.29, 0.717) is 12.2 Å². The molecule has 1 unspecified atom stereocenters. The zero-order chi connectivity index (χ0) is 11.3. The van der Waals surface area contributed by atoms with E-state index in [1.54, 1.807) is 6.20 Å². The summed E-state index contributed by atoms with van der Waals surface area (Å²) < 4.78 is 4.71. The standard InChI is InChI=1S/C11H16N2O2/c1-4-8-6-7-12-10(13-8)9(5-2)11(14)15-3/h6-7,9H,4-5H2,1-3H3. The van der Waals surface area contributed by atoms with E-state index in [1.807, 2.05) is 19.9 Å². The first-order valence-electron chi connectivity index (χ1n) is 5.12. The van der Waals surface area contributed by atoms with Gasteiger partial charge in [-0.1, -0.05) is 13.8 Å². The highest BCUT2D eigenvalue weighted by atomic mass is 16.5. The second-order valence-electron chi connectivity index (χ2n) is 3.24. The molecule has 0 saturated carbocycles. The molecule has 4 nitrogen and oxygen atoms in total. The van der Waals surface area contributed by atoms with E-state index in [-0.39, 0.29) is 11.9 Å². The number of hydrogen-bond donors (Lipinski definition) is 0. The van der Waals surface area contributed by atoms with E-state index in [4.69, 9.17) is 4.74 Å². The van der Waals surface area contributed by atoms with Gasteiger partial charge in [0.25, 0.3) is 0 Å². The van der Waals surface area contributed by atoms with Gasteiger partial charge in [-0.25, -0.2) is 9.97 Å². The van der Waals surface area contributed by atoms with Crippen LogP contribution in [-0.2, 0) is 16.0 Å². The smallest absolute Gasteiger partial charge is 0.316 e. The van der Waals surface area contributed by atoms with Gasteiger partial charge in [0, 0.05) is 11.9 Å². The summed E-state index contributed by atoms with van der Waals surface area (Å²) in [4.78, 5) is 19.9. The molecule has 1 aromatic heterocycles. The molecule has 1 aromatic rings. The predicted octanol–water partition coefficient (Wildman–Crippen LogP) is 1.71. The van der Waals surface area contributed by atoms with Crippen LogP contribution in [0.5, 0.6) is 0 Å². The summed E-state index contributed by atoms with van der Waals surface area (Å²) in [6.07, 6.45) is 3.18. The van der Waals surface area contributed by atoms with Crippen molar-refractivity contribution in [3.63, 3.8) is 0 Å². The minimum Gasteiger partial charge on any atom is -0.468 e. The normalized spacial score (nSPS) is 12.2. The first-order valence-corrected chi connectivity index (χ1v) is 5.12. The summed E-state index contributed by atoms with van der Waals surface area (Å²) >= 11 is 0. The van der Waals surface area contributed by atoms with Crippen molar-refractivity contribution in [2.45, 2.75) is 32.6 Å². The first-order chi connectivity index (χ1) is 7.22. The van der Waals surface area contributed by atoms with Gasteiger partial charge < -0.3 is 4.74 Å². The highest BCUT2D eigenvalue weighted by molar-refractivity contribution is 5.76. The molecular weight excluding hydrogens is 192 g/mol. The molecule has 82 valence electrons. The van der Waals surface area contributed by atoms with E-state index >= 15 is 0 Å². The lowest BCUT2D eigenvalue weighted by atomic mass is 10.1. The molecule has 0 bridgehead atoms. The van der Waals surface area contributed by atoms with E-state index in [1.165, 1.54) is 7.11 Å². The Hall–Kier alpha value is -1.45. The van der Waals surface area contributed by atoms with Crippen LogP contribution in [-0.4, -0.2) is 23.0 Å². The molecule has 0 aliphatic rings. The van der Waals surface area contributed by atoms with Gasteiger partial charge in [0.1, 0.15) is 11.7 Å². The average molecular weight is 208 g/mol. The zero-order valence-corrected chi connectivity index (χ0v) is 9.36. The maximum atomic E-state index is 11.4. The highest BCUT2D eigenvalue weighted by Gasteiger charge is 2.22. The van der Waals surface area contributed by atoms with Crippen LogP contribution in [0, 0.1) is 0 Å².